The summed E-state index contributed by atoms with van der Waals surface area (Å²) in [5.41, 5.74) is 3.35. The number of fused-ring (bicyclic) bond motifs is 6. The summed E-state index contributed by atoms with van der Waals surface area (Å²) in [6.45, 7) is 0. The Morgan fingerprint density at radius 3 is 2.04 bits per heavy atom. The fraction of sp³-hybridized carbons (Fsp3) is 0. The first-order chi connectivity index (χ1) is 24.4. The molecule has 0 saturated carbocycles. The Morgan fingerprint density at radius 2 is 1.16 bits per heavy atom. The third-order valence-corrected chi connectivity index (χ3v) is 9.41. The molecule has 0 saturated heterocycles. The van der Waals surface area contributed by atoms with Gasteiger partial charge in [-0.3, -0.25) is 0 Å². The van der Waals surface area contributed by atoms with Gasteiger partial charge in [-0.2, -0.15) is 0 Å². The average Bonchev–Trinajstić information content (AvgIpc) is 3.56. The van der Waals surface area contributed by atoms with E-state index in [0.29, 0.717) is 23.0 Å². The van der Waals surface area contributed by atoms with Crippen molar-refractivity contribution in [1.82, 2.24) is 15.0 Å². The van der Waals surface area contributed by atoms with Crippen molar-refractivity contribution < 1.29 is 6.85 Å². The molecular formula is C41H25N3S. The second-order valence-corrected chi connectivity index (χ2v) is 11.9. The molecular weight excluding hydrogens is 567 g/mol. The summed E-state index contributed by atoms with van der Waals surface area (Å²) >= 11 is 1.52. The molecule has 0 atom stereocenters. The monoisotopic (exact) mass is 596 g/mol. The molecule has 9 aromatic rings. The van der Waals surface area contributed by atoms with Gasteiger partial charge in [0, 0.05) is 36.9 Å². The maximum Gasteiger partial charge on any atom is 0.164 e. The molecule has 0 N–H and O–H groups in total. The van der Waals surface area contributed by atoms with Crippen LogP contribution in [0.4, 0.5) is 0 Å². The summed E-state index contributed by atoms with van der Waals surface area (Å²) in [6, 6.07) is 39.0. The normalized spacial score (nSPS) is 13.1. The second kappa shape index (κ2) is 10.5. The van der Waals surface area contributed by atoms with Crippen LogP contribution in [-0.4, -0.2) is 15.0 Å². The number of benzene rings is 7. The largest absolute Gasteiger partial charge is 0.208 e. The molecule has 45 heavy (non-hydrogen) atoms. The summed E-state index contributed by atoms with van der Waals surface area (Å²) in [6.07, 6.45) is 0. The molecule has 3 nitrogen and oxygen atoms in total. The van der Waals surface area contributed by atoms with Crippen LogP contribution in [0.2, 0.25) is 0 Å². The van der Waals surface area contributed by atoms with Gasteiger partial charge in [-0.1, -0.05) is 139 Å². The van der Waals surface area contributed by atoms with Gasteiger partial charge in [-0.25, -0.2) is 15.0 Å². The SMILES string of the molecule is [2H]c1c([2H])c([2H])c(-c2cccc3c2sc2cccc(-c4nc(-c5ccccc5)nc(-c5ccc6c(ccc7ccccc76)c5)n4)c23)c([2H])c1[2H]. The number of thiophene rings is 1. The quantitative estimate of drug-likeness (QED) is 0.190. The standard InChI is InChI=1S/C41H25N3S/c1-3-11-26(12-4-1)33-17-9-18-34-37-35(19-10-20-36(37)45-38(33)34)41-43-39(28-14-5-2-6-15-28)42-40(44-41)30-23-24-32-29(25-30)22-21-27-13-7-8-16-31(27)32/h1-25H/i1D,3D,4D,11D,12D. The van der Waals surface area contributed by atoms with E-state index in [0.717, 1.165) is 47.6 Å². The predicted octanol–water partition coefficient (Wildman–Crippen LogP) is 11.2. The maximum atomic E-state index is 8.67. The maximum absolute atomic E-state index is 8.67. The van der Waals surface area contributed by atoms with Crippen molar-refractivity contribution in [3.05, 3.63) is 152 Å². The van der Waals surface area contributed by atoms with Crippen molar-refractivity contribution in [2.45, 2.75) is 0 Å². The average molecular weight is 597 g/mol. The molecule has 4 heteroatoms. The van der Waals surface area contributed by atoms with Gasteiger partial charge in [0.2, 0.25) is 0 Å². The minimum Gasteiger partial charge on any atom is -0.208 e. The van der Waals surface area contributed by atoms with E-state index in [9.17, 15) is 0 Å². The van der Waals surface area contributed by atoms with E-state index < -0.39 is 6.04 Å². The highest BCUT2D eigenvalue weighted by atomic mass is 32.1. The Kier molecular flexibility index (Phi) is 4.90. The minimum absolute atomic E-state index is 0.188. The van der Waals surface area contributed by atoms with Crippen molar-refractivity contribution in [1.29, 1.82) is 0 Å². The highest BCUT2D eigenvalue weighted by molar-refractivity contribution is 7.26. The summed E-state index contributed by atoms with van der Waals surface area (Å²) in [5.74, 6) is 1.63. The first-order valence-corrected chi connectivity index (χ1v) is 15.4. The van der Waals surface area contributed by atoms with E-state index in [2.05, 4.69) is 48.5 Å². The van der Waals surface area contributed by atoms with E-state index in [1.807, 2.05) is 72.8 Å². The lowest BCUT2D eigenvalue weighted by molar-refractivity contribution is 1.08. The Bertz CT molecular complexity index is 2810. The number of aromatic nitrogens is 3. The van der Waals surface area contributed by atoms with Crippen LogP contribution < -0.4 is 0 Å². The zero-order chi connectivity index (χ0) is 34.1. The lowest BCUT2D eigenvalue weighted by atomic mass is 9.99. The molecule has 0 spiro atoms. The molecule has 0 aliphatic carbocycles. The Balaban J connectivity index is 1.28. The van der Waals surface area contributed by atoms with Crippen LogP contribution in [0.15, 0.2) is 152 Å². The van der Waals surface area contributed by atoms with E-state index in [1.54, 1.807) is 0 Å². The topological polar surface area (TPSA) is 38.7 Å². The number of nitrogens with zero attached hydrogens (tertiary/aromatic N) is 3. The van der Waals surface area contributed by atoms with Gasteiger partial charge < -0.3 is 0 Å². The smallest absolute Gasteiger partial charge is 0.164 e. The Labute approximate surface area is 271 Å². The van der Waals surface area contributed by atoms with Crippen LogP contribution in [0.1, 0.15) is 6.85 Å². The van der Waals surface area contributed by atoms with Gasteiger partial charge in [-0.15, -0.1) is 11.3 Å². The molecule has 2 aromatic heterocycles. The third kappa shape index (κ3) is 4.38. The summed E-state index contributed by atoms with van der Waals surface area (Å²) in [7, 11) is 0. The number of hydrogen-bond acceptors (Lipinski definition) is 4. The van der Waals surface area contributed by atoms with Crippen molar-refractivity contribution in [2.24, 2.45) is 0 Å². The molecule has 0 unspecified atom stereocenters. The van der Waals surface area contributed by atoms with Crippen molar-refractivity contribution in [3.8, 4) is 45.3 Å². The summed E-state index contributed by atoms with van der Waals surface area (Å²) in [5, 5.41) is 6.46. The molecule has 9 rings (SSSR count). The van der Waals surface area contributed by atoms with Gasteiger partial charge >= 0.3 is 0 Å². The van der Waals surface area contributed by atoms with E-state index in [4.69, 9.17) is 21.8 Å². The molecule has 0 radical (unpaired) electrons. The Morgan fingerprint density at radius 1 is 0.467 bits per heavy atom. The van der Waals surface area contributed by atoms with Crippen molar-refractivity contribution >= 4 is 53.1 Å². The van der Waals surface area contributed by atoms with Gasteiger partial charge in [-0.05, 0) is 44.8 Å². The van der Waals surface area contributed by atoms with Crippen LogP contribution in [0.5, 0.6) is 0 Å². The first kappa shape index (κ1) is 21.1. The zero-order valence-electron chi connectivity index (χ0n) is 28.8. The van der Waals surface area contributed by atoms with Crippen LogP contribution >= 0.6 is 11.3 Å². The molecule has 0 bridgehead atoms. The van der Waals surface area contributed by atoms with E-state index in [-0.39, 0.29) is 29.7 Å². The molecule has 0 amide bonds. The molecule has 2 heterocycles. The van der Waals surface area contributed by atoms with Crippen LogP contribution in [0.25, 0.3) is 87.0 Å². The molecule has 0 aliphatic rings. The fourth-order valence-corrected chi connectivity index (χ4v) is 7.36. The number of hydrogen-bond donors (Lipinski definition) is 0. The van der Waals surface area contributed by atoms with Gasteiger partial charge in [0.1, 0.15) is 0 Å². The fourth-order valence-electron chi connectivity index (χ4n) is 6.11. The first-order valence-electron chi connectivity index (χ1n) is 17.1. The highest BCUT2D eigenvalue weighted by Crippen LogP contribution is 2.43. The molecule has 0 fully saturated rings. The highest BCUT2D eigenvalue weighted by Gasteiger charge is 2.18. The van der Waals surface area contributed by atoms with Crippen LogP contribution in [-0.2, 0) is 0 Å². The van der Waals surface area contributed by atoms with Crippen molar-refractivity contribution in [3.63, 3.8) is 0 Å². The second-order valence-electron chi connectivity index (χ2n) is 10.9. The third-order valence-electron chi connectivity index (χ3n) is 8.20. The lowest BCUT2D eigenvalue weighted by Crippen LogP contribution is -2.00. The summed E-state index contributed by atoms with van der Waals surface area (Å²) in [4.78, 5) is 15.1. The van der Waals surface area contributed by atoms with E-state index in [1.165, 1.54) is 22.1 Å². The van der Waals surface area contributed by atoms with E-state index >= 15 is 0 Å². The van der Waals surface area contributed by atoms with Crippen LogP contribution in [0.3, 0.4) is 0 Å². The van der Waals surface area contributed by atoms with Gasteiger partial charge in [0.25, 0.3) is 0 Å². The van der Waals surface area contributed by atoms with Gasteiger partial charge in [0.15, 0.2) is 17.5 Å². The Hall–Kier alpha value is -5.71. The zero-order valence-corrected chi connectivity index (χ0v) is 24.6. The molecule has 210 valence electrons. The predicted molar refractivity (Wildman–Crippen MR) is 189 cm³/mol. The van der Waals surface area contributed by atoms with Crippen LogP contribution in [0, 0.1) is 0 Å². The lowest BCUT2D eigenvalue weighted by Gasteiger charge is -2.11. The van der Waals surface area contributed by atoms with Crippen molar-refractivity contribution in [2.75, 3.05) is 0 Å². The van der Waals surface area contributed by atoms with Gasteiger partial charge in [0.05, 0.1) is 6.85 Å². The molecule has 7 aromatic carbocycles. The summed E-state index contributed by atoms with van der Waals surface area (Å²) < 4.78 is 43.8. The molecule has 0 aliphatic heterocycles. The minimum atomic E-state index is -0.408. The number of rotatable bonds is 4.